The summed E-state index contributed by atoms with van der Waals surface area (Å²) in [4.78, 5) is 28.4. The van der Waals surface area contributed by atoms with Crippen LogP contribution in [0.5, 0.6) is 0 Å². The number of esters is 1. The molecule has 0 aromatic rings. The number of rotatable bonds is 13. The average molecular weight is 309 g/mol. The summed E-state index contributed by atoms with van der Waals surface area (Å²) in [5.41, 5.74) is 0. The van der Waals surface area contributed by atoms with Gasteiger partial charge in [-0.25, -0.2) is 0 Å². The lowest BCUT2D eigenvalue weighted by Gasteiger charge is -2.07. The molecule has 7 heteroatoms. The quantitative estimate of drug-likeness (QED) is 0.275. The van der Waals surface area contributed by atoms with Gasteiger partial charge >= 0.3 is 13.6 Å². The molecule has 0 amide bonds. The summed E-state index contributed by atoms with van der Waals surface area (Å²) in [6.45, 7) is 2.41. The van der Waals surface area contributed by atoms with Crippen molar-refractivity contribution in [1.29, 1.82) is 0 Å². The summed E-state index contributed by atoms with van der Waals surface area (Å²) in [6.07, 6.45) is 8.94. The van der Waals surface area contributed by atoms with Crippen LogP contribution in [-0.2, 0) is 14.1 Å². The molecule has 0 heterocycles. The molecule has 0 saturated carbocycles. The first-order valence-electron chi connectivity index (χ1n) is 7.36. The van der Waals surface area contributed by atoms with E-state index in [9.17, 15) is 9.36 Å². The molecule has 0 aromatic heterocycles. The number of hydrogen-bond acceptors (Lipinski definition) is 4. The molecule has 120 valence electrons. The van der Waals surface area contributed by atoms with Gasteiger partial charge < -0.3 is 14.5 Å². The molecule has 0 aromatic carbocycles. The Labute approximate surface area is 121 Å². The standard InChI is InChI=1S/C13H28NO5P/c1-2-3-4-5-6-7-8-9-10-19-13(15)11-14-12-20(16,17)18/h14H,2-12H2,1H3,(H2,16,17,18). The maximum Gasteiger partial charge on any atom is 0.339 e. The third-order valence-electron chi connectivity index (χ3n) is 2.85. The van der Waals surface area contributed by atoms with Crippen molar-refractivity contribution >= 4 is 13.6 Å². The minimum absolute atomic E-state index is 0.165. The van der Waals surface area contributed by atoms with Crippen LogP contribution < -0.4 is 5.32 Å². The van der Waals surface area contributed by atoms with Gasteiger partial charge in [0.05, 0.1) is 19.4 Å². The molecular weight excluding hydrogens is 281 g/mol. The molecule has 0 saturated heterocycles. The Morgan fingerprint density at radius 3 is 2.15 bits per heavy atom. The van der Waals surface area contributed by atoms with Crippen LogP contribution in [-0.4, -0.2) is 35.2 Å². The molecular formula is C13H28NO5P. The van der Waals surface area contributed by atoms with E-state index in [-0.39, 0.29) is 6.54 Å². The first-order chi connectivity index (χ1) is 9.45. The monoisotopic (exact) mass is 309 g/mol. The topological polar surface area (TPSA) is 95.9 Å². The fourth-order valence-corrected chi connectivity index (χ4v) is 2.18. The van der Waals surface area contributed by atoms with Crippen molar-refractivity contribution < 1.29 is 23.9 Å². The Hall–Kier alpha value is -0.420. The molecule has 0 fully saturated rings. The van der Waals surface area contributed by atoms with Crippen molar-refractivity contribution in [2.45, 2.75) is 58.3 Å². The van der Waals surface area contributed by atoms with E-state index in [2.05, 4.69) is 12.2 Å². The second-order valence-corrected chi connectivity index (χ2v) is 6.59. The molecule has 0 unspecified atom stereocenters. The molecule has 0 bridgehead atoms. The Morgan fingerprint density at radius 1 is 1.05 bits per heavy atom. The third kappa shape index (κ3) is 15.6. The lowest BCUT2D eigenvalue weighted by Crippen LogP contribution is -2.25. The lowest BCUT2D eigenvalue weighted by atomic mass is 10.1. The van der Waals surface area contributed by atoms with E-state index in [0.717, 1.165) is 19.3 Å². The van der Waals surface area contributed by atoms with Crippen LogP contribution in [0.2, 0.25) is 0 Å². The van der Waals surface area contributed by atoms with Crippen LogP contribution in [0.25, 0.3) is 0 Å². The van der Waals surface area contributed by atoms with E-state index in [0.29, 0.717) is 6.61 Å². The number of carbonyl (C=O) groups is 1. The number of ether oxygens (including phenoxy) is 1. The summed E-state index contributed by atoms with van der Waals surface area (Å²) >= 11 is 0. The molecule has 6 nitrogen and oxygen atoms in total. The van der Waals surface area contributed by atoms with Crippen LogP contribution in [0.15, 0.2) is 0 Å². The Kier molecular flexibility index (Phi) is 12.1. The predicted octanol–water partition coefficient (Wildman–Crippen LogP) is 2.40. The zero-order valence-corrected chi connectivity index (χ0v) is 13.2. The van der Waals surface area contributed by atoms with Crippen molar-refractivity contribution in [3.63, 3.8) is 0 Å². The van der Waals surface area contributed by atoms with Gasteiger partial charge in [-0.1, -0.05) is 51.9 Å². The highest BCUT2D eigenvalue weighted by atomic mass is 31.2. The van der Waals surface area contributed by atoms with Crippen molar-refractivity contribution in [2.24, 2.45) is 0 Å². The molecule has 0 atom stereocenters. The van der Waals surface area contributed by atoms with Crippen molar-refractivity contribution in [1.82, 2.24) is 5.32 Å². The van der Waals surface area contributed by atoms with E-state index in [1.807, 2.05) is 0 Å². The van der Waals surface area contributed by atoms with E-state index in [1.54, 1.807) is 0 Å². The summed E-state index contributed by atoms with van der Waals surface area (Å²) in [5.74, 6) is -0.471. The molecule has 3 N–H and O–H groups in total. The van der Waals surface area contributed by atoms with Crippen LogP contribution in [0, 0.1) is 0 Å². The molecule has 0 radical (unpaired) electrons. The SMILES string of the molecule is CCCCCCCCCCOC(=O)CNCP(=O)(O)O. The molecule has 0 spiro atoms. The second kappa shape index (κ2) is 12.3. The molecule has 0 rings (SSSR count). The van der Waals surface area contributed by atoms with Gasteiger partial charge in [-0.3, -0.25) is 14.7 Å². The van der Waals surface area contributed by atoms with E-state index in [4.69, 9.17) is 14.5 Å². The van der Waals surface area contributed by atoms with E-state index >= 15 is 0 Å². The smallest absolute Gasteiger partial charge is 0.339 e. The number of nitrogens with one attached hydrogen (secondary N) is 1. The molecule has 20 heavy (non-hydrogen) atoms. The van der Waals surface area contributed by atoms with Gasteiger partial charge in [-0.2, -0.15) is 0 Å². The zero-order valence-electron chi connectivity index (χ0n) is 12.3. The van der Waals surface area contributed by atoms with Crippen LogP contribution >= 0.6 is 7.60 Å². The Balaban J connectivity index is 3.25. The molecule has 0 aliphatic carbocycles. The largest absolute Gasteiger partial charge is 0.465 e. The minimum Gasteiger partial charge on any atom is -0.465 e. The fourth-order valence-electron chi connectivity index (χ4n) is 1.78. The Morgan fingerprint density at radius 2 is 1.60 bits per heavy atom. The van der Waals surface area contributed by atoms with Crippen LogP contribution in [0.3, 0.4) is 0 Å². The highest BCUT2D eigenvalue weighted by Gasteiger charge is 2.12. The van der Waals surface area contributed by atoms with Crippen LogP contribution in [0.4, 0.5) is 0 Å². The lowest BCUT2D eigenvalue weighted by molar-refractivity contribution is -0.142. The fraction of sp³-hybridized carbons (Fsp3) is 0.923. The maximum absolute atomic E-state index is 11.2. The molecule has 0 aliphatic heterocycles. The van der Waals surface area contributed by atoms with Gasteiger partial charge in [-0.15, -0.1) is 0 Å². The summed E-state index contributed by atoms with van der Waals surface area (Å²) in [5, 5.41) is 2.37. The second-order valence-electron chi connectivity index (χ2n) is 4.94. The maximum atomic E-state index is 11.2. The first-order valence-corrected chi connectivity index (χ1v) is 9.16. The van der Waals surface area contributed by atoms with Crippen molar-refractivity contribution in [2.75, 3.05) is 19.4 Å². The zero-order chi connectivity index (χ0) is 15.3. The van der Waals surface area contributed by atoms with E-state index in [1.165, 1.54) is 32.1 Å². The van der Waals surface area contributed by atoms with Crippen molar-refractivity contribution in [3.05, 3.63) is 0 Å². The summed E-state index contributed by atoms with van der Waals surface area (Å²) < 4.78 is 15.5. The Bertz CT molecular complexity index is 292. The van der Waals surface area contributed by atoms with Gasteiger partial charge in [0.25, 0.3) is 0 Å². The third-order valence-corrected chi connectivity index (χ3v) is 3.48. The summed E-state index contributed by atoms with van der Waals surface area (Å²) in [7, 11) is -4.09. The van der Waals surface area contributed by atoms with Gasteiger partial charge in [0.15, 0.2) is 0 Å². The highest BCUT2D eigenvalue weighted by molar-refractivity contribution is 7.51. The molecule has 0 aliphatic rings. The highest BCUT2D eigenvalue weighted by Crippen LogP contribution is 2.31. The minimum atomic E-state index is -4.09. The van der Waals surface area contributed by atoms with E-state index < -0.39 is 19.9 Å². The number of hydrogen-bond donors (Lipinski definition) is 3. The number of carbonyl (C=O) groups excluding carboxylic acids is 1. The van der Waals surface area contributed by atoms with Crippen molar-refractivity contribution in [3.8, 4) is 0 Å². The van der Waals surface area contributed by atoms with Gasteiger partial charge in [0.1, 0.15) is 0 Å². The van der Waals surface area contributed by atoms with Crippen LogP contribution in [0.1, 0.15) is 58.3 Å². The van der Waals surface area contributed by atoms with Gasteiger partial charge in [-0.05, 0) is 6.42 Å². The van der Waals surface area contributed by atoms with Gasteiger partial charge in [0.2, 0.25) is 0 Å². The normalized spacial score (nSPS) is 11.6. The predicted molar refractivity (Wildman–Crippen MR) is 78.5 cm³/mol. The first kappa shape index (κ1) is 19.6. The number of unbranched alkanes of at least 4 members (excludes halogenated alkanes) is 7. The van der Waals surface area contributed by atoms with Gasteiger partial charge in [0, 0.05) is 0 Å². The average Bonchev–Trinajstić information content (AvgIpc) is 2.35. The summed E-state index contributed by atoms with van der Waals surface area (Å²) in [6, 6.07) is 0.